The quantitative estimate of drug-likeness (QED) is 0.166. The van der Waals surface area contributed by atoms with Crippen LogP contribution in [0.15, 0.2) is 47.6 Å². The lowest BCUT2D eigenvalue weighted by molar-refractivity contribution is 0.624. The first-order valence-corrected chi connectivity index (χ1v) is 9.52. The van der Waals surface area contributed by atoms with Gasteiger partial charge < -0.3 is 15.2 Å². The summed E-state index contributed by atoms with van der Waals surface area (Å²) in [5, 5.41) is 7.21. The van der Waals surface area contributed by atoms with Crippen LogP contribution in [0.5, 0.6) is 0 Å². The minimum absolute atomic E-state index is 0. The third kappa shape index (κ3) is 6.07. The smallest absolute Gasteiger partial charge is 0.190 e. The highest BCUT2D eigenvalue weighted by molar-refractivity contribution is 14.0. The number of para-hydroxylation sites is 2. The summed E-state index contributed by atoms with van der Waals surface area (Å²) in [5.41, 5.74) is 3.39. The summed E-state index contributed by atoms with van der Waals surface area (Å²) in [6.45, 7) is 4.61. The monoisotopic (exact) mass is 512 g/mol. The molecule has 0 bridgehead atoms. The summed E-state index contributed by atoms with van der Waals surface area (Å²) < 4.78 is 2.26. The topological polar surface area (TPSA) is 67.1 Å². The van der Waals surface area contributed by atoms with Crippen LogP contribution in [0.2, 0.25) is 5.15 Å². The zero-order valence-electron chi connectivity index (χ0n) is 16.2. The van der Waals surface area contributed by atoms with Crippen molar-refractivity contribution in [3.05, 3.63) is 59.1 Å². The van der Waals surface area contributed by atoms with Gasteiger partial charge in [0.1, 0.15) is 11.0 Å². The first kappa shape index (κ1) is 22.4. The molecule has 0 aliphatic heterocycles. The van der Waals surface area contributed by atoms with Crippen molar-refractivity contribution in [1.29, 1.82) is 0 Å². The molecule has 0 saturated heterocycles. The van der Waals surface area contributed by atoms with Crippen molar-refractivity contribution in [2.45, 2.75) is 26.3 Å². The molecule has 2 heterocycles. The standard InChI is InChI=1S/C20H25ClN6.HI/c1-15-26-17-6-3-4-7-18(17)27(15)13-5-11-23-20(22-2)24-12-10-16-8-9-19(21)25-14-16;/h3-4,6-9,14H,5,10-13H2,1-2H3,(H2,22,23,24);1H. The Morgan fingerprint density at radius 2 is 1.93 bits per heavy atom. The van der Waals surface area contributed by atoms with Gasteiger partial charge in [0.2, 0.25) is 0 Å². The second kappa shape index (κ2) is 11.2. The van der Waals surface area contributed by atoms with E-state index in [1.807, 2.05) is 18.2 Å². The molecule has 2 N–H and O–H groups in total. The van der Waals surface area contributed by atoms with Gasteiger partial charge in [0.05, 0.1) is 11.0 Å². The number of benzene rings is 1. The first-order valence-electron chi connectivity index (χ1n) is 9.14. The molecule has 0 aliphatic carbocycles. The van der Waals surface area contributed by atoms with Crippen LogP contribution in [0.3, 0.4) is 0 Å². The van der Waals surface area contributed by atoms with Crippen LogP contribution in [-0.4, -0.2) is 40.6 Å². The first-order chi connectivity index (χ1) is 13.2. The summed E-state index contributed by atoms with van der Waals surface area (Å²) in [5.74, 6) is 1.86. The van der Waals surface area contributed by atoms with Gasteiger partial charge >= 0.3 is 0 Å². The number of nitrogens with zero attached hydrogens (tertiary/aromatic N) is 4. The maximum atomic E-state index is 5.81. The minimum Gasteiger partial charge on any atom is -0.356 e. The summed E-state index contributed by atoms with van der Waals surface area (Å²) in [4.78, 5) is 13.0. The van der Waals surface area contributed by atoms with E-state index < -0.39 is 0 Å². The minimum atomic E-state index is 0. The Kier molecular flexibility index (Phi) is 8.98. The molecular weight excluding hydrogens is 487 g/mol. The molecule has 6 nitrogen and oxygen atoms in total. The number of aryl methyl sites for hydroxylation is 2. The molecule has 3 rings (SSSR count). The van der Waals surface area contributed by atoms with Gasteiger partial charge in [-0.1, -0.05) is 29.8 Å². The van der Waals surface area contributed by atoms with Crippen molar-refractivity contribution in [3.8, 4) is 0 Å². The van der Waals surface area contributed by atoms with E-state index in [1.54, 1.807) is 13.2 Å². The Morgan fingerprint density at radius 1 is 1.14 bits per heavy atom. The van der Waals surface area contributed by atoms with Gasteiger partial charge in [0.15, 0.2) is 5.96 Å². The molecule has 150 valence electrons. The van der Waals surface area contributed by atoms with Gasteiger partial charge in [0.25, 0.3) is 0 Å². The highest BCUT2D eigenvalue weighted by Gasteiger charge is 2.06. The van der Waals surface area contributed by atoms with Gasteiger partial charge in [-0.25, -0.2) is 9.97 Å². The Bertz CT molecular complexity index is 907. The van der Waals surface area contributed by atoms with E-state index in [1.165, 1.54) is 5.52 Å². The van der Waals surface area contributed by atoms with Crippen molar-refractivity contribution >= 4 is 52.6 Å². The van der Waals surface area contributed by atoms with E-state index in [2.05, 4.69) is 55.3 Å². The third-order valence-electron chi connectivity index (χ3n) is 4.41. The number of fused-ring (bicyclic) bond motifs is 1. The van der Waals surface area contributed by atoms with Gasteiger partial charge in [-0.15, -0.1) is 24.0 Å². The van der Waals surface area contributed by atoms with Crippen LogP contribution in [0.1, 0.15) is 17.8 Å². The van der Waals surface area contributed by atoms with Gasteiger partial charge in [-0.3, -0.25) is 4.99 Å². The lowest BCUT2D eigenvalue weighted by Gasteiger charge is -2.12. The molecule has 28 heavy (non-hydrogen) atoms. The van der Waals surface area contributed by atoms with Crippen molar-refractivity contribution in [2.24, 2.45) is 4.99 Å². The van der Waals surface area contributed by atoms with E-state index in [0.29, 0.717) is 5.15 Å². The lowest BCUT2D eigenvalue weighted by Crippen LogP contribution is -2.39. The fourth-order valence-electron chi connectivity index (χ4n) is 3.02. The molecular formula is C20H26ClIN6. The fourth-order valence-corrected chi connectivity index (χ4v) is 3.13. The number of aliphatic imine (C=N–C) groups is 1. The molecule has 0 spiro atoms. The van der Waals surface area contributed by atoms with Crippen molar-refractivity contribution in [1.82, 2.24) is 25.2 Å². The Hall–Kier alpha value is -1.87. The van der Waals surface area contributed by atoms with E-state index in [9.17, 15) is 0 Å². The number of aromatic nitrogens is 3. The number of nitrogens with one attached hydrogen (secondary N) is 2. The second-order valence-electron chi connectivity index (χ2n) is 6.32. The van der Waals surface area contributed by atoms with E-state index >= 15 is 0 Å². The van der Waals surface area contributed by atoms with Crippen LogP contribution < -0.4 is 10.6 Å². The number of guanidine groups is 1. The molecule has 0 unspecified atom stereocenters. The molecule has 0 atom stereocenters. The maximum absolute atomic E-state index is 5.81. The molecule has 0 amide bonds. The number of hydrogen-bond donors (Lipinski definition) is 2. The molecule has 0 saturated carbocycles. The molecule has 0 aliphatic rings. The Balaban J connectivity index is 0.00000280. The number of rotatable bonds is 7. The zero-order chi connectivity index (χ0) is 19.1. The van der Waals surface area contributed by atoms with Crippen LogP contribution in [0.4, 0.5) is 0 Å². The molecule has 1 aromatic carbocycles. The van der Waals surface area contributed by atoms with Crippen LogP contribution in [0.25, 0.3) is 11.0 Å². The summed E-state index contributed by atoms with van der Waals surface area (Å²) in [7, 11) is 1.78. The number of halogens is 2. The van der Waals surface area contributed by atoms with Gasteiger partial charge in [-0.2, -0.15) is 0 Å². The maximum Gasteiger partial charge on any atom is 0.190 e. The van der Waals surface area contributed by atoms with Crippen LogP contribution in [0, 0.1) is 6.92 Å². The van der Waals surface area contributed by atoms with Crippen molar-refractivity contribution in [3.63, 3.8) is 0 Å². The SMILES string of the molecule is CN=C(NCCCn1c(C)nc2ccccc21)NCCc1ccc(Cl)nc1.I. The normalized spacial score (nSPS) is 11.3. The predicted octanol–water partition coefficient (Wildman–Crippen LogP) is 3.81. The second-order valence-corrected chi connectivity index (χ2v) is 6.71. The molecule has 2 aromatic heterocycles. The van der Waals surface area contributed by atoms with Crippen molar-refractivity contribution in [2.75, 3.05) is 20.1 Å². The molecule has 3 aromatic rings. The molecule has 0 radical (unpaired) electrons. The summed E-state index contributed by atoms with van der Waals surface area (Å²) in [6, 6.07) is 12.1. The van der Waals surface area contributed by atoms with Crippen molar-refractivity contribution < 1.29 is 0 Å². The fraction of sp³-hybridized carbons (Fsp3) is 0.350. The number of pyridine rings is 1. The van der Waals surface area contributed by atoms with E-state index in [4.69, 9.17) is 11.6 Å². The van der Waals surface area contributed by atoms with Crippen LogP contribution in [-0.2, 0) is 13.0 Å². The van der Waals surface area contributed by atoms with Crippen LogP contribution >= 0.6 is 35.6 Å². The highest BCUT2D eigenvalue weighted by atomic mass is 127. The Morgan fingerprint density at radius 3 is 2.68 bits per heavy atom. The van der Waals surface area contributed by atoms with E-state index in [0.717, 1.165) is 55.3 Å². The average molecular weight is 513 g/mol. The summed E-state index contributed by atoms with van der Waals surface area (Å²) >= 11 is 5.81. The predicted molar refractivity (Wildman–Crippen MR) is 127 cm³/mol. The summed E-state index contributed by atoms with van der Waals surface area (Å²) in [6.07, 6.45) is 3.66. The average Bonchev–Trinajstić information content (AvgIpc) is 3.00. The molecule has 8 heteroatoms. The largest absolute Gasteiger partial charge is 0.356 e. The van der Waals surface area contributed by atoms with Gasteiger partial charge in [0, 0.05) is 32.9 Å². The highest BCUT2D eigenvalue weighted by Crippen LogP contribution is 2.15. The van der Waals surface area contributed by atoms with E-state index in [-0.39, 0.29) is 24.0 Å². The lowest BCUT2D eigenvalue weighted by atomic mass is 10.2. The number of hydrogen-bond acceptors (Lipinski definition) is 3. The molecule has 0 fully saturated rings. The van der Waals surface area contributed by atoms with Gasteiger partial charge in [-0.05, 0) is 43.5 Å². The third-order valence-corrected chi connectivity index (χ3v) is 4.64. The Labute approximate surface area is 187 Å². The zero-order valence-corrected chi connectivity index (χ0v) is 19.2. The number of imidazole rings is 1.